The van der Waals surface area contributed by atoms with Crippen LogP contribution in [0.5, 0.6) is 5.75 Å². The van der Waals surface area contributed by atoms with Crippen molar-refractivity contribution in [1.82, 2.24) is 14.6 Å². The van der Waals surface area contributed by atoms with Gasteiger partial charge in [0.15, 0.2) is 5.65 Å². The van der Waals surface area contributed by atoms with Crippen molar-refractivity contribution in [2.45, 2.75) is 45.4 Å². The molecule has 1 aliphatic rings. The number of benzene rings is 2. The molecule has 0 aliphatic carbocycles. The van der Waals surface area contributed by atoms with Crippen molar-refractivity contribution < 1.29 is 9.47 Å². The molecule has 0 atom stereocenters. The molecule has 0 saturated heterocycles. The molecule has 6 nitrogen and oxygen atoms in total. The minimum atomic E-state index is 0.532. The van der Waals surface area contributed by atoms with Crippen LogP contribution >= 0.6 is 11.8 Å². The molecular formula is C27H30N4O2S. The van der Waals surface area contributed by atoms with Crippen LogP contribution in [0.25, 0.3) is 16.8 Å². The molecule has 0 amide bonds. The van der Waals surface area contributed by atoms with Crippen LogP contribution in [0.3, 0.4) is 0 Å². The Kier molecular flexibility index (Phi) is 6.23. The van der Waals surface area contributed by atoms with E-state index >= 15 is 0 Å². The zero-order chi connectivity index (χ0) is 23.8. The molecule has 2 aromatic carbocycles. The molecule has 4 aromatic rings. The van der Waals surface area contributed by atoms with Gasteiger partial charge in [-0.2, -0.15) is 9.61 Å². The van der Waals surface area contributed by atoms with Gasteiger partial charge < -0.3 is 14.4 Å². The number of anilines is 1. The molecule has 7 heteroatoms. The van der Waals surface area contributed by atoms with E-state index in [0.29, 0.717) is 13.2 Å². The number of rotatable bonds is 7. The van der Waals surface area contributed by atoms with Gasteiger partial charge in [0.25, 0.3) is 0 Å². The monoisotopic (exact) mass is 474 g/mol. The molecule has 34 heavy (non-hydrogen) atoms. The van der Waals surface area contributed by atoms with Crippen LogP contribution in [0, 0.1) is 13.8 Å². The van der Waals surface area contributed by atoms with Gasteiger partial charge in [-0.1, -0.05) is 18.2 Å². The fourth-order valence-electron chi connectivity index (χ4n) is 4.71. The van der Waals surface area contributed by atoms with E-state index in [0.717, 1.165) is 63.9 Å². The van der Waals surface area contributed by atoms with Gasteiger partial charge in [-0.15, -0.1) is 11.8 Å². The van der Waals surface area contributed by atoms with E-state index in [-0.39, 0.29) is 0 Å². The third kappa shape index (κ3) is 3.93. The Morgan fingerprint density at radius 3 is 2.59 bits per heavy atom. The largest absolute Gasteiger partial charge is 0.497 e. The van der Waals surface area contributed by atoms with E-state index in [1.54, 1.807) is 18.9 Å². The molecule has 0 bridgehead atoms. The van der Waals surface area contributed by atoms with Crippen LogP contribution in [-0.4, -0.2) is 34.5 Å². The summed E-state index contributed by atoms with van der Waals surface area (Å²) in [5.74, 6) is 1.93. The number of methoxy groups -OCH3 is 1. The number of ether oxygens (including phenoxy) is 2. The zero-order valence-electron chi connectivity index (χ0n) is 20.4. The zero-order valence-corrected chi connectivity index (χ0v) is 21.2. The summed E-state index contributed by atoms with van der Waals surface area (Å²) in [7, 11) is 1.69. The maximum Gasteiger partial charge on any atom is 0.165 e. The molecule has 0 N–H and O–H groups in total. The highest BCUT2D eigenvalue weighted by Gasteiger charge is 2.27. The summed E-state index contributed by atoms with van der Waals surface area (Å²) in [4.78, 5) is 8.71. The van der Waals surface area contributed by atoms with Crippen molar-refractivity contribution >= 4 is 23.2 Å². The van der Waals surface area contributed by atoms with Gasteiger partial charge in [0, 0.05) is 29.1 Å². The van der Waals surface area contributed by atoms with E-state index in [1.165, 1.54) is 10.5 Å². The first-order chi connectivity index (χ1) is 16.5. The molecule has 3 heterocycles. The number of thioether (sulfide) groups is 1. The van der Waals surface area contributed by atoms with Gasteiger partial charge >= 0.3 is 0 Å². The average Bonchev–Trinajstić information content (AvgIpc) is 3.45. The Morgan fingerprint density at radius 1 is 1.12 bits per heavy atom. The summed E-state index contributed by atoms with van der Waals surface area (Å²) < 4.78 is 13.3. The molecule has 0 saturated carbocycles. The van der Waals surface area contributed by atoms with Crippen molar-refractivity contribution in [3.63, 3.8) is 0 Å². The number of fused-ring (bicyclic) bond motifs is 2. The summed E-state index contributed by atoms with van der Waals surface area (Å²) in [5, 5.41) is 5.01. The average molecular weight is 475 g/mol. The smallest absolute Gasteiger partial charge is 0.165 e. The standard InChI is InChI=1S/C27H30N4O2S/c1-6-30(14-19-7-10-21(34-5)11-8-19)27-23-15-33-16-24(23)28-26-25(18(3)29-31(26)27)22-12-9-20(32-4)13-17(22)2/h7-13H,6,14-16H2,1-5H3. The van der Waals surface area contributed by atoms with E-state index < -0.39 is 0 Å². The van der Waals surface area contributed by atoms with Crippen molar-refractivity contribution in [2.75, 3.05) is 24.8 Å². The number of aryl methyl sites for hydroxylation is 2. The molecule has 176 valence electrons. The summed E-state index contributed by atoms with van der Waals surface area (Å²) in [5.41, 5.74) is 8.58. The molecule has 1 aliphatic heterocycles. The fraction of sp³-hybridized carbons (Fsp3) is 0.333. The van der Waals surface area contributed by atoms with Crippen molar-refractivity contribution in [2.24, 2.45) is 0 Å². The van der Waals surface area contributed by atoms with Gasteiger partial charge in [-0.25, -0.2) is 4.98 Å². The maximum atomic E-state index is 5.85. The second-order valence-corrected chi connectivity index (χ2v) is 9.47. The molecule has 0 spiro atoms. The van der Waals surface area contributed by atoms with Crippen LogP contribution in [0.15, 0.2) is 47.4 Å². The third-order valence-electron chi connectivity index (χ3n) is 6.50. The van der Waals surface area contributed by atoms with Crippen LogP contribution in [0.4, 0.5) is 5.82 Å². The Hall–Kier alpha value is -3.03. The van der Waals surface area contributed by atoms with E-state index in [4.69, 9.17) is 19.6 Å². The summed E-state index contributed by atoms with van der Waals surface area (Å²) >= 11 is 1.76. The lowest BCUT2D eigenvalue weighted by Gasteiger charge is -2.26. The second kappa shape index (κ2) is 9.31. The Bertz CT molecular complexity index is 1350. The first-order valence-electron chi connectivity index (χ1n) is 11.6. The highest BCUT2D eigenvalue weighted by molar-refractivity contribution is 7.98. The molecule has 0 radical (unpaired) electrons. The van der Waals surface area contributed by atoms with Gasteiger partial charge in [0.2, 0.25) is 0 Å². The lowest BCUT2D eigenvalue weighted by molar-refractivity contribution is 0.133. The van der Waals surface area contributed by atoms with Crippen molar-refractivity contribution in [3.05, 3.63) is 70.5 Å². The number of hydrogen-bond donors (Lipinski definition) is 0. The normalized spacial score (nSPS) is 12.9. The van der Waals surface area contributed by atoms with Crippen LogP contribution in [-0.2, 0) is 24.5 Å². The molecular weight excluding hydrogens is 444 g/mol. The van der Waals surface area contributed by atoms with Gasteiger partial charge in [0.05, 0.1) is 31.7 Å². The minimum Gasteiger partial charge on any atom is -0.497 e. The minimum absolute atomic E-state index is 0.532. The van der Waals surface area contributed by atoms with E-state index in [2.05, 4.69) is 68.3 Å². The number of nitrogens with zero attached hydrogens (tertiary/aromatic N) is 4. The highest BCUT2D eigenvalue weighted by Crippen LogP contribution is 2.37. The third-order valence-corrected chi connectivity index (χ3v) is 7.24. The number of hydrogen-bond acceptors (Lipinski definition) is 6. The maximum absolute atomic E-state index is 5.85. The van der Waals surface area contributed by atoms with Crippen molar-refractivity contribution in [1.29, 1.82) is 0 Å². The quantitative estimate of drug-likeness (QED) is 0.316. The van der Waals surface area contributed by atoms with Crippen LogP contribution in [0.2, 0.25) is 0 Å². The topological polar surface area (TPSA) is 51.9 Å². The first-order valence-corrected chi connectivity index (χ1v) is 12.8. The molecule has 5 rings (SSSR count). The summed E-state index contributed by atoms with van der Waals surface area (Å²) in [6.07, 6.45) is 2.10. The predicted octanol–water partition coefficient (Wildman–Crippen LogP) is 5.80. The van der Waals surface area contributed by atoms with E-state index in [9.17, 15) is 0 Å². The van der Waals surface area contributed by atoms with Crippen LogP contribution < -0.4 is 9.64 Å². The summed E-state index contributed by atoms with van der Waals surface area (Å²) in [6.45, 7) is 9.11. The van der Waals surface area contributed by atoms with Crippen molar-refractivity contribution in [3.8, 4) is 16.9 Å². The Morgan fingerprint density at radius 2 is 1.91 bits per heavy atom. The van der Waals surface area contributed by atoms with Gasteiger partial charge in [0.1, 0.15) is 11.6 Å². The first kappa shape index (κ1) is 22.7. The molecule has 2 aromatic heterocycles. The summed E-state index contributed by atoms with van der Waals surface area (Å²) in [6, 6.07) is 15.0. The highest BCUT2D eigenvalue weighted by atomic mass is 32.2. The van der Waals surface area contributed by atoms with Gasteiger partial charge in [-0.3, -0.25) is 0 Å². The number of aromatic nitrogens is 3. The van der Waals surface area contributed by atoms with Crippen LogP contribution in [0.1, 0.15) is 35.0 Å². The lowest BCUT2D eigenvalue weighted by atomic mass is 10.0. The molecule has 0 fully saturated rings. The predicted molar refractivity (Wildman–Crippen MR) is 138 cm³/mol. The lowest BCUT2D eigenvalue weighted by Crippen LogP contribution is -2.26. The SMILES string of the molecule is CCN(Cc1ccc(SC)cc1)c1c2c(nc3c(-c4ccc(OC)cc4C)c(C)nn13)COC2. The molecule has 0 unspecified atom stereocenters. The van der Waals surface area contributed by atoms with Gasteiger partial charge in [-0.05, 0) is 68.0 Å². The Labute approximate surface area is 204 Å². The fourth-order valence-corrected chi connectivity index (χ4v) is 5.12. The Balaban J connectivity index is 1.66. The second-order valence-electron chi connectivity index (χ2n) is 8.59. The van der Waals surface area contributed by atoms with E-state index in [1.807, 2.05) is 10.6 Å².